The average Bonchev–Trinajstić information content (AvgIpc) is 3.46. The Kier molecular flexibility index (Phi) is 6.65. The number of nitrogens with one attached hydrogen (secondary N) is 1. The summed E-state index contributed by atoms with van der Waals surface area (Å²) < 4.78 is 12.9. The van der Waals surface area contributed by atoms with Crippen molar-refractivity contribution >= 4 is 57.4 Å². The van der Waals surface area contributed by atoms with E-state index in [1.165, 1.54) is 23.5 Å². The van der Waals surface area contributed by atoms with E-state index in [0.717, 1.165) is 35.5 Å². The highest BCUT2D eigenvalue weighted by molar-refractivity contribution is 7.99. The minimum atomic E-state index is -0.0906. The second-order valence-corrected chi connectivity index (χ2v) is 9.02. The largest absolute Gasteiger partial charge is 0.431 e. The summed E-state index contributed by atoms with van der Waals surface area (Å²) in [6, 6.07) is 7.54. The summed E-state index contributed by atoms with van der Waals surface area (Å²) >= 11 is 2.78. The number of benzene rings is 1. The number of carbonyl (C=O) groups is 1. The van der Waals surface area contributed by atoms with Crippen LogP contribution in [-0.4, -0.2) is 75.5 Å². The van der Waals surface area contributed by atoms with Gasteiger partial charge in [-0.15, -0.1) is 0 Å². The van der Waals surface area contributed by atoms with Gasteiger partial charge in [-0.25, -0.2) is 19.6 Å². The third-order valence-corrected chi connectivity index (χ3v) is 6.57. The van der Waals surface area contributed by atoms with Crippen molar-refractivity contribution in [3.63, 3.8) is 0 Å². The molecule has 0 radical (unpaired) electrons. The predicted molar refractivity (Wildman–Crippen MR) is 128 cm³/mol. The van der Waals surface area contributed by atoms with Gasteiger partial charge in [0.25, 0.3) is 5.22 Å². The monoisotopic (exact) mass is 485 g/mol. The minimum absolute atomic E-state index is 0.0906. The first-order valence-corrected chi connectivity index (χ1v) is 12.8. The molecule has 10 nitrogen and oxygen atoms in total. The molecule has 4 aromatic rings. The number of fused-ring (bicyclic) bond motifs is 2. The zero-order valence-electron chi connectivity index (χ0n) is 18.1. The summed E-state index contributed by atoms with van der Waals surface area (Å²) in [6.45, 7) is 3.90. The molecule has 0 bridgehead atoms. The number of hydrogen-bond donors (Lipinski definition) is 1. The molecule has 1 aromatic carbocycles. The Hall–Kier alpha value is -2.83. The average molecular weight is 486 g/mol. The quantitative estimate of drug-likeness (QED) is 0.295. The van der Waals surface area contributed by atoms with Crippen LogP contribution < -0.4 is 10.2 Å². The topological polar surface area (TPSA) is 111 Å². The molecule has 0 saturated carbocycles. The van der Waals surface area contributed by atoms with Crippen LogP contribution in [0.5, 0.6) is 0 Å². The van der Waals surface area contributed by atoms with Crippen molar-refractivity contribution in [1.82, 2.24) is 30.0 Å². The number of para-hydroxylation sites is 2. The second kappa shape index (κ2) is 9.98. The van der Waals surface area contributed by atoms with Crippen molar-refractivity contribution in [3.05, 3.63) is 30.5 Å². The van der Waals surface area contributed by atoms with Gasteiger partial charge in [0.1, 0.15) is 11.3 Å². The Morgan fingerprint density at radius 1 is 1.18 bits per heavy atom. The third-order valence-electron chi connectivity index (χ3n) is 5.20. The molecular formula is C21H23N7O3S2. The molecule has 1 N–H and O–H groups in total. The Labute approximate surface area is 198 Å². The van der Waals surface area contributed by atoms with Crippen LogP contribution in [0, 0.1) is 0 Å². The molecule has 0 unspecified atom stereocenters. The molecule has 1 aliphatic rings. The molecule has 3 aromatic heterocycles. The van der Waals surface area contributed by atoms with Crippen LogP contribution in [0.25, 0.3) is 22.1 Å². The summed E-state index contributed by atoms with van der Waals surface area (Å²) in [4.78, 5) is 28.3. The molecule has 1 fully saturated rings. The van der Waals surface area contributed by atoms with E-state index in [1.807, 2.05) is 35.2 Å². The van der Waals surface area contributed by atoms with E-state index in [-0.39, 0.29) is 11.7 Å². The summed E-state index contributed by atoms with van der Waals surface area (Å²) in [5.74, 6) is 1.02. The Balaban J connectivity index is 1.20. The van der Waals surface area contributed by atoms with E-state index in [9.17, 15) is 4.79 Å². The second-order valence-electron chi connectivity index (χ2n) is 7.32. The smallest absolute Gasteiger partial charge is 0.257 e. The molecule has 33 heavy (non-hydrogen) atoms. The zero-order valence-corrected chi connectivity index (χ0v) is 19.7. The van der Waals surface area contributed by atoms with Gasteiger partial charge in [-0.05, 0) is 18.4 Å². The summed E-state index contributed by atoms with van der Waals surface area (Å²) in [7, 11) is 0. The number of thioether (sulfide) groups is 2. The number of ether oxygens (including phenoxy) is 1. The number of aromatic nitrogens is 5. The van der Waals surface area contributed by atoms with Gasteiger partial charge in [0.15, 0.2) is 16.4 Å². The highest BCUT2D eigenvalue weighted by atomic mass is 32.2. The van der Waals surface area contributed by atoms with Crippen molar-refractivity contribution in [3.8, 4) is 0 Å². The molecule has 0 atom stereocenters. The van der Waals surface area contributed by atoms with Gasteiger partial charge in [-0.2, -0.15) is 5.10 Å². The van der Waals surface area contributed by atoms with Gasteiger partial charge in [0.2, 0.25) is 5.91 Å². The fraction of sp³-hybridized carbons (Fsp3) is 0.381. The highest BCUT2D eigenvalue weighted by Crippen LogP contribution is 2.27. The Bertz CT molecular complexity index is 1240. The van der Waals surface area contributed by atoms with Gasteiger partial charge in [-0.3, -0.25) is 4.79 Å². The molecular weight excluding hydrogens is 462 g/mol. The first-order chi connectivity index (χ1) is 16.2. The summed E-state index contributed by atoms with van der Waals surface area (Å²) in [6.07, 6.45) is 3.76. The third kappa shape index (κ3) is 4.92. The summed E-state index contributed by atoms with van der Waals surface area (Å²) in [5.41, 5.74) is 2.27. The van der Waals surface area contributed by atoms with Crippen LogP contribution in [0.2, 0.25) is 0 Å². The maximum Gasteiger partial charge on any atom is 0.257 e. The Morgan fingerprint density at radius 3 is 2.85 bits per heavy atom. The van der Waals surface area contributed by atoms with Crippen molar-refractivity contribution in [1.29, 1.82) is 0 Å². The van der Waals surface area contributed by atoms with Crippen LogP contribution in [0.3, 0.4) is 0 Å². The number of oxazole rings is 1. The highest BCUT2D eigenvalue weighted by Gasteiger charge is 2.20. The predicted octanol–water partition coefficient (Wildman–Crippen LogP) is 2.43. The van der Waals surface area contributed by atoms with Gasteiger partial charge in [-0.1, -0.05) is 35.7 Å². The number of amides is 1. The molecule has 1 saturated heterocycles. The van der Waals surface area contributed by atoms with E-state index in [0.29, 0.717) is 42.3 Å². The first kappa shape index (κ1) is 22.0. The van der Waals surface area contributed by atoms with Crippen molar-refractivity contribution in [2.45, 2.75) is 16.9 Å². The number of carbonyl (C=O) groups excluding carboxylic acids is 1. The lowest BCUT2D eigenvalue weighted by molar-refractivity contribution is -0.118. The van der Waals surface area contributed by atoms with E-state index in [4.69, 9.17) is 14.1 Å². The lowest BCUT2D eigenvalue weighted by Crippen LogP contribution is -2.37. The van der Waals surface area contributed by atoms with E-state index >= 15 is 0 Å². The van der Waals surface area contributed by atoms with Crippen molar-refractivity contribution in [2.75, 3.05) is 49.8 Å². The van der Waals surface area contributed by atoms with Crippen LogP contribution >= 0.6 is 23.5 Å². The number of nitrogens with zero attached hydrogens (tertiary/aromatic N) is 6. The maximum absolute atomic E-state index is 12.3. The van der Waals surface area contributed by atoms with E-state index in [2.05, 4.69) is 25.3 Å². The molecule has 4 heterocycles. The fourth-order valence-corrected chi connectivity index (χ4v) is 4.61. The number of rotatable bonds is 8. The van der Waals surface area contributed by atoms with Crippen LogP contribution in [0.1, 0.15) is 0 Å². The van der Waals surface area contributed by atoms with Crippen molar-refractivity contribution in [2.24, 2.45) is 0 Å². The van der Waals surface area contributed by atoms with E-state index in [1.54, 1.807) is 6.20 Å². The number of morpholine rings is 1. The van der Waals surface area contributed by atoms with E-state index < -0.39 is 0 Å². The van der Waals surface area contributed by atoms with Gasteiger partial charge < -0.3 is 19.4 Å². The van der Waals surface area contributed by atoms with Crippen LogP contribution in [0.15, 0.2) is 45.3 Å². The van der Waals surface area contributed by atoms with Crippen LogP contribution in [-0.2, 0) is 16.1 Å². The molecule has 5 rings (SSSR count). The fourth-order valence-electron chi connectivity index (χ4n) is 3.58. The van der Waals surface area contributed by atoms with Gasteiger partial charge in [0, 0.05) is 19.6 Å². The lowest BCUT2D eigenvalue weighted by Gasteiger charge is -2.28. The van der Waals surface area contributed by atoms with Crippen LogP contribution in [0.4, 0.5) is 5.82 Å². The summed E-state index contributed by atoms with van der Waals surface area (Å²) in [5, 5.41) is 9.53. The molecule has 12 heteroatoms. The molecule has 0 aliphatic carbocycles. The minimum Gasteiger partial charge on any atom is -0.431 e. The molecule has 0 spiro atoms. The standard InChI is InChI=1S/C21H23N7O3S2/c1-32-20-25-18(27-8-10-30-11-9-27)14-12-23-28(19(14)26-20)7-6-22-17(29)13-33-21-24-15-4-2-3-5-16(15)31-21/h2-5,12H,6-11,13H2,1H3,(H,22,29). The van der Waals surface area contributed by atoms with Gasteiger partial charge in [0.05, 0.1) is 37.1 Å². The number of anilines is 1. The molecule has 1 amide bonds. The van der Waals surface area contributed by atoms with Gasteiger partial charge >= 0.3 is 0 Å². The zero-order chi connectivity index (χ0) is 22.6. The number of hydrogen-bond acceptors (Lipinski definition) is 10. The normalized spacial score (nSPS) is 14.3. The molecule has 172 valence electrons. The SMILES string of the molecule is CSc1nc(N2CCOCC2)c2cnn(CCNC(=O)CSc3nc4ccccc4o3)c2n1. The molecule has 1 aliphatic heterocycles. The first-order valence-electron chi connectivity index (χ1n) is 10.6. The lowest BCUT2D eigenvalue weighted by atomic mass is 10.3. The maximum atomic E-state index is 12.3. The Morgan fingerprint density at radius 2 is 2.03 bits per heavy atom. The van der Waals surface area contributed by atoms with Crippen molar-refractivity contribution < 1.29 is 13.9 Å².